The number of thioether (sulfide) groups is 1. The Morgan fingerprint density at radius 2 is 1.95 bits per heavy atom. The Balaban J connectivity index is 2.21. The Kier molecular flexibility index (Phi) is 5.89. The number of rotatable bonds is 6. The van der Waals surface area contributed by atoms with Gasteiger partial charge in [-0.15, -0.1) is 0 Å². The number of nitrogens with one attached hydrogen (secondary N) is 1. The van der Waals surface area contributed by atoms with E-state index in [0.29, 0.717) is 24.5 Å². The Hall–Kier alpha value is -0.560. The molecule has 112 valence electrons. The molecular weight excluding hydrogens is 292 g/mol. The van der Waals surface area contributed by atoms with Gasteiger partial charge in [-0.05, 0) is 24.6 Å². The molecule has 1 aromatic carbocycles. The van der Waals surface area contributed by atoms with Crippen molar-refractivity contribution in [1.29, 1.82) is 0 Å². The van der Waals surface area contributed by atoms with E-state index in [9.17, 15) is 8.42 Å². The summed E-state index contributed by atoms with van der Waals surface area (Å²) in [6.07, 6.45) is 1.04. The molecule has 0 unspecified atom stereocenters. The van der Waals surface area contributed by atoms with Crippen LogP contribution in [0.2, 0.25) is 0 Å². The van der Waals surface area contributed by atoms with Crippen LogP contribution in [-0.2, 0) is 16.6 Å². The van der Waals surface area contributed by atoms with Gasteiger partial charge >= 0.3 is 0 Å². The van der Waals surface area contributed by atoms with Crippen LogP contribution < -0.4 is 5.32 Å². The first-order chi connectivity index (χ1) is 9.66. The van der Waals surface area contributed by atoms with E-state index in [0.717, 1.165) is 30.0 Å². The van der Waals surface area contributed by atoms with Gasteiger partial charge in [-0.3, -0.25) is 0 Å². The third-order valence-electron chi connectivity index (χ3n) is 3.30. The molecule has 0 aliphatic carbocycles. The summed E-state index contributed by atoms with van der Waals surface area (Å²) in [4.78, 5) is 0.454. The molecule has 0 radical (unpaired) electrons. The highest BCUT2D eigenvalue weighted by molar-refractivity contribution is 7.99. The smallest absolute Gasteiger partial charge is 0.243 e. The van der Waals surface area contributed by atoms with Crippen molar-refractivity contribution in [2.75, 3.05) is 31.1 Å². The van der Waals surface area contributed by atoms with Gasteiger partial charge < -0.3 is 5.32 Å². The standard InChI is InChI=1S/C14H22N2O2S2/c1-2-7-15-12-13-5-3-4-6-14(13)20(17,18)16-8-10-19-11-9-16/h3-6,15H,2,7-12H2,1H3. The lowest BCUT2D eigenvalue weighted by Crippen LogP contribution is -2.38. The number of nitrogens with zero attached hydrogens (tertiary/aromatic N) is 1. The molecule has 1 aliphatic heterocycles. The maximum Gasteiger partial charge on any atom is 0.243 e. The lowest BCUT2D eigenvalue weighted by atomic mass is 10.2. The molecule has 0 bridgehead atoms. The van der Waals surface area contributed by atoms with E-state index in [1.165, 1.54) is 0 Å². The zero-order valence-electron chi connectivity index (χ0n) is 11.8. The van der Waals surface area contributed by atoms with Crippen LogP contribution in [0.25, 0.3) is 0 Å². The number of sulfonamides is 1. The van der Waals surface area contributed by atoms with E-state index >= 15 is 0 Å². The second kappa shape index (κ2) is 7.45. The van der Waals surface area contributed by atoms with Crippen LogP contribution in [0.4, 0.5) is 0 Å². The monoisotopic (exact) mass is 314 g/mol. The van der Waals surface area contributed by atoms with E-state index in [1.807, 2.05) is 23.9 Å². The Bertz CT molecular complexity index is 526. The maximum absolute atomic E-state index is 12.7. The van der Waals surface area contributed by atoms with Gasteiger partial charge in [0.2, 0.25) is 10.0 Å². The van der Waals surface area contributed by atoms with E-state index < -0.39 is 10.0 Å². The molecule has 1 fully saturated rings. The van der Waals surface area contributed by atoms with Crippen LogP contribution >= 0.6 is 11.8 Å². The minimum absolute atomic E-state index is 0.454. The van der Waals surface area contributed by atoms with Gasteiger partial charge in [-0.25, -0.2) is 8.42 Å². The van der Waals surface area contributed by atoms with Crippen molar-refractivity contribution in [2.24, 2.45) is 0 Å². The molecule has 1 saturated heterocycles. The van der Waals surface area contributed by atoms with Gasteiger partial charge in [0.05, 0.1) is 4.90 Å². The maximum atomic E-state index is 12.7. The lowest BCUT2D eigenvalue weighted by Gasteiger charge is -2.26. The lowest BCUT2D eigenvalue weighted by molar-refractivity contribution is 0.442. The molecule has 0 spiro atoms. The van der Waals surface area contributed by atoms with Crippen molar-refractivity contribution >= 4 is 21.8 Å². The fourth-order valence-corrected chi connectivity index (χ4v) is 5.03. The first kappa shape index (κ1) is 15.8. The van der Waals surface area contributed by atoms with E-state index in [4.69, 9.17) is 0 Å². The summed E-state index contributed by atoms with van der Waals surface area (Å²) in [6, 6.07) is 7.32. The summed E-state index contributed by atoms with van der Waals surface area (Å²) in [6.45, 7) is 4.83. The summed E-state index contributed by atoms with van der Waals surface area (Å²) in [5.41, 5.74) is 0.860. The molecule has 1 N–H and O–H groups in total. The van der Waals surface area contributed by atoms with E-state index in [-0.39, 0.29) is 0 Å². The molecule has 0 amide bonds. The third-order valence-corrected chi connectivity index (χ3v) is 6.24. The second-order valence-corrected chi connectivity index (χ2v) is 7.93. The highest BCUT2D eigenvalue weighted by atomic mass is 32.2. The molecule has 4 nitrogen and oxygen atoms in total. The summed E-state index contributed by atoms with van der Waals surface area (Å²) >= 11 is 1.81. The Morgan fingerprint density at radius 1 is 1.25 bits per heavy atom. The zero-order valence-corrected chi connectivity index (χ0v) is 13.5. The molecule has 6 heteroatoms. The van der Waals surface area contributed by atoms with Gasteiger partial charge in [0.15, 0.2) is 0 Å². The number of benzene rings is 1. The van der Waals surface area contributed by atoms with Gasteiger partial charge in [0.1, 0.15) is 0 Å². The van der Waals surface area contributed by atoms with Crippen LogP contribution in [0.15, 0.2) is 29.2 Å². The first-order valence-electron chi connectivity index (χ1n) is 7.02. The number of hydrogen-bond donors (Lipinski definition) is 1. The van der Waals surface area contributed by atoms with Gasteiger partial charge in [-0.1, -0.05) is 25.1 Å². The van der Waals surface area contributed by atoms with Crippen LogP contribution in [0, 0.1) is 0 Å². The number of hydrogen-bond acceptors (Lipinski definition) is 4. The fraction of sp³-hybridized carbons (Fsp3) is 0.571. The molecular formula is C14H22N2O2S2. The van der Waals surface area contributed by atoms with Crippen molar-refractivity contribution in [3.05, 3.63) is 29.8 Å². The highest BCUT2D eigenvalue weighted by Crippen LogP contribution is 2.23. The van der Waals surface area contributed by atoms with E-state index in [2.05, 4.69) is 12.2 Å². The Morgan fingerprint density at radius 3 is 2.65 bits per heavy atom. The average Bonchev–Trinajstić information content (AvgIpc) is 2.49. The van der Waals surface area contributed by atoms with Crippen molar-refractivity contribution in [3.63, 3.8) is 0 Å². The predicted octanol–water partition coefficient (Wildman–Crippen LogP) is 1.92. The van der Waals surface area contributed by atoms with Crippen LogP contribution in [-0.4, -0.2) is 43.9 Å². The molecule has 1 heterocycles. The summed E-state index contributed by atoms with van der Waals surface area (Å²) < 4.78 is 27.1. The molecule has 1 aliphatic rings. The Labute approximate surface area is 126 Å². The highest BCUT2D eigenvalue weighted by Gasteiger charge is 2.27. The molecule has 2 rings (SSSR count). The first-order valence-corrected chi connectivity index (χ1v) is 9.62. The zero-order chi connectivity index (χ0) is 14.4. The third kappa shape index (κ3) is 3.75. The van der Waals surface area contributed by atoms with Crippen LogP contribution in [0.3, 0.4) is 0 Å². The molecule has 0 aromatic heterocycles. The van der Waals surface area contributed by atoms with Crippen molar-refractivity contribution in [1.82, 2.24) is 9.62 Å². The molecule has 20 heavy (non-hydrogen) atoms. The fourth-order valence-electron chi connectivity index (χ4n) is 2.23. The normalized spacial score (nSPS) is 17.2. The second-order valence-electron chi connectivity index (χ2n) is 4.80. The molecule has 1 aromatic rings. The van der Waals surface area contributed by atoms with Gasteiger partial charge in [0.25, 0.3) is 0 Å². The molecule has 0 atom stereocenters. The summed E-state index contributed by atoms with van der Waals surface area (Å²) in [7, 11) is -3.35. The largest absolute Gasteiger partial charge is 0.313 e. The minimum atomic E-state index is -3.35. The SMILES string of the molecule is CCCNCc1ccccc1S(=O)(=O)N1CCSCC1. The van der Waals surface area contributed by atoms with Gasteiger partial charge in [0, 0.05) is 31.1 Å². The minimum Gasteiger partial charge on any atom is -0.313 e. The van der Waals surface area contributed by atoms with Crippen molar-refractivity contribution < 1.29 is 8.42 Å². The van der Waals surface area contributed by atoms with Gasteiger partial charge in [-0.2, -0.15) is 16.1 Å². The predicted molar refractivity (Wildman–Crippen MR) is 84.5 cm³/mol. The van der Waals surface area contributed by atoms with E-state index in [1.54, 1.807) is 16.4 Å². The molecule has 0 saturated carbocycles. The average molecular weight is 314 g/mol. The van der Waals surface area contributed by atoms with Crippen LogP contribution in [0.5, 0.6) is 0 Å². The van der Waals surface area contributed by atoms with Crippen LogP contribution in [0.1, 0.15) is 18.9 Å². The topological polar surface area (TPSA) is 49.4 Å². The van der Waals surface area contributed by atoms with Crippen molar-refractivity contribution in [3.8, 4) is 0 Å². The summed E-state index contributed by atoms with van der Waals surface area (Å²) in [5, 5.41) is 3.28. The van der Waals surface area contributed by atoms with Crippen molar-refractivity contribution in [2.45, 2.75) is 24.8 Å². The summed E-state index contributed by atoms with van der Waals surface area (Å²) in [5.74, 6) is 1.77. The quantitative estimate of drug-likeness (QED) is 0.815.